The SMILES string of the molecule is O=C(NC1CCCOc2c1nn(-c1ccccc1Cl)c2-c1ccc(Cl)cc1)c1nc[nH]n1. The molecule has 1 aliphatic heterocycles. The predicted molar refractivity (Wildman–Crippen MR) is 120 cm³/mol. The first kappa shape index (κ1) is 20.5. The molecule has 2 aromatic carbocycles. The van der Waals surface area contributed by atoms with Crippen molar-refractivity contribution in [3.05, 3.63) is 76.4 Å². The van der Waals surface area contributed by atoms with E-state index in [4.69, 9.17) is 33.0 Å². The van der Waals surface area contributed by atoms with Gasteiger partial charge >= 0.3 is 0 Å². The number of nitrogens with zero attached hydrogens (tertiary/aromatic N) is 4. The largest absolute Gasteiger partial charge is 0.489 e. The summed E-state index contributed by atoms with van der Waals surface area (Å²) in [6, 6.07) is 14.5. The number of carbonyl (C=O) groups is 1. The third-order valence-electron chi connectivity index (χ3n) is 5.20. The number of rotatable bonds is 4. The van der Waals surface area contributed by atoms with Crippen molar-refractivity contribution >= 4 is 29.1 Å². The Balaban J connectivity index is 1.66. The second-order valence-corrected chi connectivity index (χ2v) is 8.12. The quantitative estimate of drug-likeness (QED) is 0.455. The number of ether oxygens (including phenoxy) is 1. The lowest BCUT2D eigenvalue weighted by Gasteiger charge is -2.13. The average Bonchev–Trinajstić information content (AvgIpc) is 3.42. The highest BCUT2D eigenvalue weighted by molar-refractivity contribution is 6.32. The summed E-state index contributed by atoms with van der Waals surface area (Å²) in [6.45, 7) is 0.495. The number of halogens is 2. The van der Waals surface area contributed by atoms with Gasteiger partial charge in [-0.05, 0) is 37.1 Å². The third-order valence-corrected chi connectivity index (χ3v) is 5.77. The third kappa shape index (κ3) is 3.83. The zero-order valence-corrected chi connectivity index (χ0v) is 18.3. The first-order valence-corrected chi connectivity index (χ1v) is 10.8. The normalized spacial score (nSPS) is 15.5. The van der Waals surface area contributed by atoms with E-state index in [0.29, 0.717) is 40.2 Å². The Morgan fingerprint density at radius 3 is 2.72 bits per heavy atom. The number of para-hydroxylation sites is 1. The monoisotopic (exact) mass is 468 g/mol. The number of benzene rings is 2. The number of hydrogen-bond acceptors (Lipinski definition) is 5. The molecular formula is C22H18Cl2N6O2. The summed E-state index contributed by atoms with van der Waals surface area (Å²) < 4.78 is 7.92. The van der Waals surface area contributed by atoms with E-state index in [0.717, 1.165) is 17.7 Å². The van der Waals surface area contributed by atoms with Crippen LogP contribution in [-0.2, 0) is 0 Å². The number of H-pyrrole nitrogens is 1. The zero-order valence-electron chi connectivity index (χ0n) is 16.8. The number of aromatic amines is 1. The molecule has 0 saturated heterocycles. The smallest absolute Gasteiger partial charge is 0.291 e. The summed E-state index contributed by atoms with van der Waals surface area (Å²) in [7, 11) is 0. The van der Waals surface area contributed by atoms with Gasteiger partial charge in [-0.2, -0.15) is 5.10 Å². The summed E-state index contributed by atoms with van der Waals surface area (Å²) in [5.74, 6) is 0.287. The Kier molecular flexibility index (Phi) is 5.55. The fraction of sp³-hybridized carbons (Fsp3) is 0.182. The fourth-order valence-corrected chi connectivity index (χ4v) is 4.07. The van der Waals surface area contributed by atoms with Crippen molar-refractivity contribution in [2.24, 2.45) is 0 Å². The van der Waals surface area contributed by atoms with E-state index in [1.54, 1.807) is 10.7 Å². The summed E-state index contributed by atoms with van der Waals surface area (Å²) in [6.07, 6.45) is 2.77. The van der Waals surface area contributed by atoms with Crippen molar-refractivity contribution in [1.29, 1.82) is 0 Å². The van der Waals surface area contributed by atoms with E-state index in [2.05, 4.69) is 20.5 Å². The van der Waals surface area contributed by atoms with E-state index in [1.807, 2.05) is 42.5 Å². The molecule has 162 valence electrons. The maximum Gasteiger partial charge on any atom is 0.291 e. The molecule has 0 bridgehead atoms. The first-order chi connectivity index (χ1) is 15.6. The van der Waals surface area contributed by atoms with Gasteiger partial charge in [0.25, 0.3) is 5.91 Å². The standard InChI is InChI=1S/C22H18Cl2N6O2/c23-14-9-7-13(8-10-14)19-20-18(29-30(19)17-6-2-1-4-15(17)24)16(5-3-11-32-20)27-22(31)21-25-12-26-28-21/h1-2,4,6-10,12,16H,3,5,11H2,(H,27,31)(H,25,26,28). The Morgan fingerprint density at radius 1 is 1.16 bits per heavy atom. The van der Waals surface area contributed by atoms with Crippen LogP contribution in [0.4, 0.5) is 0 Å². The van der Waals surface area contributed by atoms with Crippen LogP contribution in [0.15, 0.2) is 54.9 Å². The van der Waals surface area contributed by atoms with E-state index in [1.165, 1.54) is 6.33 Å². The molecule has 32 heavy (non-hydrogen) atoms. The predicted octanol–water partition coefficient (Wildman–Crippen LogP) is 4.61. The van der Waals surface area contributed by atoms with Crippen LogP contribution in [0.1, 0.15) is 35.2 Å². The molecule has 2 aromatic heterocycles. The summed E-state index contributed by atoms with van der Waals surface area (Å²) in [5.41, 5.74) is 2.93. The number of nitrogens with one attached hydrogen (secondary N) is 2. The van der Waals surface area contributed by atoms with Gasteiger partial charge in [0.05, 0.1) is 23.4 Å². The molecule has 1 aliphatic rings. The number of carbonyl (C=O) groups excluding carboxylic acids is 1. The molecule has 4 aromatic rings. The molecule has 0 radical (unpaired) electrons. The Bertz CT molecular complexity index is 1250. The molecule has 0 spiro atoms. The molecule has 10 heteroatoms. The van der Waals surface area contributed by atoms with Gasteiger partial charge in [-0.15, -0.1) is 5.10 Å². The maximum atomic E-state index is 12.7. The number of hydrogen-bond donors (Lipinski definition) is 2. The van der Waals surface area contributed by atoms with Gasteiger partial charge in [0, 0.05) is 10.6 Å². The van der Waals surface area contributed by atoms with E-state index in [9.17, 15) is 4.79 Å². The minimum Gasteiger partial charge on any atom is -0.489 e. The van der Waals surface area contributed by atoms with Crippen LogP contribution in [-0.4, -0.2) is 37.5 Å². The molecule has 3 heterocycles. The molecular weight excluding hydrogens is 451 g/mol. The highest BCUT2D eigenvalue weighted by atomic mass is 35.5. The van der Waals surface area contributed by atoms with Gasteiger partial charge in [-0.3, -0.25) is 9.89 Å². The highest BCUT2D eigenvalue weighted by Gasteiger charge is 2.31. The molecule has 1 amide bonds. The Labute approximate surface area is 193 Å². The van der Waals surface area contributed by atoms with Crippen LogP contribution in [0.3, 0.4) is 0 Å². The van der Waals surface area contributed by atoms with Crippen molar-refractivity contribution < 1.29 is 9.53 Å². The molecule has 0 aliphatic carbocycles. The van der Waals surface area contributed by atoms with Crippen LogP contribution in [0.2, 0.25) is 10.0 Å². The molecule has 5 rings (SSSR count). The van der Waals surface area contributed by atoms with Crippen molar-refractivity contribution in [3.8, 4) is 22.7 Å². The minimum absolute atomic E-state index is 0.0696. The Hall–Kier alpha value is -3.36. The minimum atomic E-state index is -0.385. The van der Waals surface area contributed by atoms with Crippen molar-refractivity contribution in [2.75, 3.05) is 6.61 Å². The Morgan fingerprint density at radius 2 is 1.97 bits per heavy atom. The summed E-state index contributed by atoms with van der Waals surface area (Å²) >= 11 is 12.6. The van der Waals surface area contributed by atoms with Gasteiger partial charge < -0.3 is 10.1 Å². The molecule has 1 atom stereocenters. The summed E-state index contributed by atoms with van der Waals surface area (Å²) in [5, 5.41) is 15.4. The highest BCUT2D eigenvalue weighted by Crippen LogP contribution is 2.42. The van der Waals surface area contributed by atoms with E-state index < -0.39 is 0 Å². The molecule has 0 saturated carbocycles. The number of fused-ring (bicyclic) bond motifs is 1. The number of aromatic nitrogens is 5. The molecule has 8 nitrogen and oxygen atoms in total. The van der Waals surface area contributed by atoms with Gasteiger partial charge in [0.1, 0.15) is 17.7 Å². The molecule has 1 unspecified atom stereocenters. The topological polar surface area (TPSA) is 97.7 Å². The zero-order chi connectivity index (χ0) is 22.1. The van der Waals surface area contributed by atoms with Crippen LogP contribution in [0.25, 0.3) is 16.9 Å². The lowest BCUT2D eigenvalue weighted by molar-refractivity contribution is 0.0923. The van der Waals surface area contributed by atoms with Gasteiger partial charge in [-0.1, -0.05) is 47.5 Å². The van der Waals surface area contributed by atoms with Crippen molar-refractivity contribution in [2.45, 2.75) is 18.9 Å². The van der Waals surface area contributed by atoms with Crippen LogP contribution in [0, 0.1) is 0 Å². The van der Waals surface area contributed by atoms with E-state index >= 15 is 0 Å². The van der Waals surface area contributed by atoms with Gasteiger partial charge in [-0.25, -0.2) is 9.67 Å². The lowest BCUT2D eigenvalue weighted by atomic mass is 10.1. The second kappa shape index (κ2) is 8.64. The lowest BCUT2D eigenvalue weighted by Crippen LogP contribution is -2.29. The van der Waals surface area contributed by atoms with Crippen LogP contribution < -0.4 is 10.1 Å². The van der Waals surface area contributed by atoms with Gasteiger partial charge in [0.2, 0.25) is 5.82 Å². The van der Waals surface area contributed by atoms with E-state index in [-0.39, 0.29) is 17.8 Å². The average molecular weight is 469 g/mol. The number of amides is 1. The first-order valence-electron chi connectivity index (χ1n) is 10.0. The summed E-state index contributed by atoms with van der Waals surface area (Å²) in [4.78, 5) is 16.6. The molecule has 0 fully saturated rings. The maximum absolute atomic E-state index is 12.7. The van der Waals surface area contributed by atoms with Crippen molar-refractivity contribution in [1.82, 2.24) is 30.3 Å². The second-order valence-electron chi connectivity index (χ2n) is 7.27. The van der Waals surface area contributed by atoms with Crippen molar-refractivity contribution in [3.63, 3.8) is 0 Å². The van der Waals surface area contributed by atoms with Crippen LogP contribution in [0.5, 0.6) is 5.75 Å². The fourth-order valence-electron chi connectivity index (χ4n) is 3.73. The molecule has 2 N–H and O–H groups in total. The van der Waals surface area contributed by atoms with Gasteiger partial charge in [0.15, 0.2) is 5.75 Å². The van der Waals surface area contributed by atoms with Crippen LogP contribution >= 0.6 is 23.2 Å².